The van der Waals surface area contributed by atoms with Crippen LogP contribution in [0.1, 0.15) is 0 Å². The topological polar surface area (TPSA) is 282 Å². The predicted molar refractivity (Wildman–Crippen MR) is 125 cm³/mol. The second-order valence-corrected chi connectivity index (χ2v) is 8.15. The van der Waals surface area contributed by atoms with Gasteiger partial charge < -0.3 is 65.3 Å². The SMILES string of the molecule is [N-]=[N+]=NCCOCCOCCOCCN(CC(O)C(O)C(O)C(O)CO)CC(O)C(O)C(O)C(O)CO. The Hall–Kier alpha value is -1.25. The maximum atomic E-state index is 10.3. The van der Waals surface area contributed by atoms with Gasteiger partial charge in [-0.3, -0.25) is 4.90 Å². The Balaban J connectivity index is 4.71. The Labute approximate surface area is 214 Å². The third kappa shape index (κ3) is 15.7. The van der Waals surface area contributed by atoms with Crippen LogP contribution in [-0.4, -0.2) is 184 Å². The molecule has 0 spiro atoms. The minimum Gasteiger partial charge on any atom is -0.394 e. The van der Waals surface area contributed by atoms with Crippen LogP contribution in [0, 0.1) is 0 Å². The maximum Gasteiger partial charge on any atom is 0.111 e. The van der Waals surface area contributed by atoms with Crippen molar-refractivity contribution in [2.24, 2.45) is 5.11 Å². The van der Waals surface area contributed by atoms with Gasteiger partial charge in [-0.15, -0.1) is 0 Å². The van der Waals surface area contributed by atoms with E-state index < -0.39 is 62.0 Å². The Morgan fingerprint density at radius 2 is 0.973 bits per heavy atom. The molecule has 8 unspecified atom stereocenters. The summed E-state index contributed by atoms with van der Waals surface area (Å²) in [6, 6.07) is 0. The highest BCUT2D eigenvalue weighted by Crippen LogP contribution is 2.10. The summed E-state index contributed by atoms with van der Waals surface area (Å²) in [5.41, 5.74) is 8.14. The van der Waals surface area contributed by atoms with Gasteiger partial charge in [0.2, 0.25) is 0 Å². The lowest BCUT2D eigenvalue weighted by atomic mass is 10.0. The van der Waals surface area contributed by atoms with Crippen LogP contribution in [0.5, 0.6) is 0 Å². The van der Waals surface area contributed by atoms with E-state index in [1.807, 2.05) is 0 Å². The van der Waals surface area contributed by atoms with E-state index in [0.717, 1.165) is 0 Å². The normalized spacial score (nSPS) is 18.5. The molecule has 8 atom stereocenters. The van der Waals surface area contributed by atoms with Crippen molar-refractivity contribution in [1.82, 2.24) is 4.90 Å². The molecule has 0 aliphatic carbocycles. The van der Waals surface area contributed by atoms with Gasteiger partial charge >= 0.3 is 0 Å². The Morgan fingerprint density at radius 1 is 0.595 bits per heavy atom. The number of aliphatic hydroxyl groups is 10. The molecule has 0 aromatic carbocycles. The van der Waals surface area contributed by atoms with Crippen molar-refractivity contribution in [3.05, 3.63) is 10.4 Å². The molecule has 0 aliphatic heterocycles. The third-order valence-electron chi connectivity index (χ3n) is 5.24. The first-order valence-corrected chi connectivity index (χ1v) is 11.7. The Bertz CT molecular complexity index is 575. The average Bonchev–Trinajstić information content (AvgIpc) is 2.90. The van der Waals surface area contributed by atoms with Gasteiger partial charge in [0.15, 0.2) is 0 Å². The summed E-state index contributed by atoms with van der Waals surface area (Å²) < 4.78 is 15.9. The zero-order valence-corrected chi connectivity index (χ0v) is 20.6. The summed E-state index contributed by atoms with van der Waals surface area (Å²) in [7, 11) is 0. The van der Waals surface area contributed by atoms with Crippen LogP contribution >= 0.6 is 0 Å². The number of nitrogens with zero attached hydrogens (tertiary/aromatic N) is 4. The van der Waals surface area contributed by atoms with Crippen molar-refractivity contribution in [1.29, 1.82) is 0 Å². The summed E-state index contributed by atoms with van der Waals surface area (Å²) >= 11 is 0. The monoisotopic (exact) mass is 546 g/mol. The minimum atomic E-state index is -1.87. The van der Waals surface area contributed by atoms with E-state index in [1.54, 1.807) is 0 Å². The van der Waals surface area contributed by atoms with Crippen LogP contribution in [-0.2, 0) is 14.2 Å². The van der Waals surface area contributed by atoms with Gasteiger partial charge in [-0.2, -0.15) is 0 Å². The van der Waals surface area contributed by atoms with Gasteiger partial charge in [0.05, 0.1) is 65.1 Å². The van der Waals surface area contributed by atoms with Gasteiger partial charge in [0.1, 0.15) is 36.6 Å². The largest absolute Gasteiger partial charge is 0.394 e. The molecule has 0 fully saturated rings. The molecule has 0 rings (SSSR count). The lowest BCUT2D eigenvalue weighted by Gasteiger charge is -2.33. The predicted octanol–water partition coefficient (Wildman–Crippen LogP) is -5.48. The lowest BCUT2D eigenvalue weighted by molar-refractivity contribution is -0.131. The zero-order chi connectivity index (χ0) is 28.2. The summed E-state index contributed by atoms with van der Waals surface area (Å²) in [6.07, 6.45) is -14.2. The van der Waals surface area contributed by atoms with Crippen LogP contribution < -0.4 is 0 Å². The smallest absolute Gasteiger partial charge is 0.111 e. The Morgan fingerprint density at radius 3 is 1.38 bits per heavy atom. The van der Waals surface area contributed by atoms with E-state index in [1.165, 1.54) is 4.90 Å². The average molecular weight is 547 g/mol. The van der Waals surface area contributed by atoms with Gasteiger partial charge in [0.25, 0.3) is 0 Å². The molecule has 0 bridgehead atoms. The van der Waals surface area contributed by atoms with Gasteiger partial charge in [0, 0.05) is 31.1 Å². The standard InChI is InChI=1S/C20H42N4O13/c21-23-22-1-3-35-5-7-37-8-6-36-4-2-24(9-13(27)17(31)19(33)15(29)11-25)10-14(28)18(32)20(34)16(30)12-26/h13-20,25-34H,1-12H2. The molecule has 0 saturated heterocycles. The molecular weight excluding hydrogens is 504 g/mol. The van der Waals surface area contributed by atoms with Crippen molar-refractivity contribution >= 4 is 0 Å². The van der Waals surface area contributed by atoms with Crippen molar-refractivity contribution < 1.29 is 65.3 Å². The first-order chi connectivity index (χ1) is 17.6. The fourth-order valence-electron chi connectivity index (χ4n) is 3.01. The summed E-state index contributed by atoms with van der Waals surface area (Å²) in [6.45, 7) is -0.947. The second-order valence-electron chi connectivity index (χ2n) is 8.15. The number of rotatable bonds is 24. The first kappa shape index (κ1) is 35.8. The van der Waals surface area contributed by atoms with Crippen LogP contribution in [0.4, 0.5) is 0 Å². The zero-order valence-electron chi connectivity index (χ0n) is 20.6. The molecule has 0 aromatic rings. The highest BCUT2D eigenvalue weighted by Gasteiger charge is 2.34. The van der Waals surface area contributed by atoms with Crippen molar-refractivity contribution in [3.63, 3.8) is 0 Å². The molecule has 220 valence electrons. The fraction of sp³-hybridized carbons (Fsp3) is 1.00. The molecule has 0 saturated carbocycles. The molecule has 37 heavy (non-hydrogen) atoms. The number of aliphatic hydroxyl groups excluding tert-OH is 10. The van der Waals surface area contributed by atoms with E-state index in [-0.39, 0.29) is 59.2 Å². The van der Waals surface area contributed by atoms with Gasteiger partial charge in [-0.25, -0.2) is 0 Å². The molecule has 0 amide bonds. The summed E-state index contributed by atoms with van der Waals surface area (Å²) in [4.78, 5) is 3.92. The van der Waals surface area contributed by atoms with E-state index in [4.69, 9.17) is 30.0 Å². The fourth-order valence-corrected chi connectivity index (χ4v) is 3.01. The van der Waals surface area contributed by atoms with E-state index in [0.29, 0.717) is 6.61 Å². The maximum absolute atomic E-state index is 10.3. The van der Waals surface area contributed by atoms with Gasteiger partial charge in [-0.05, 0) is 5.53 Å². The van der Waals surface area contributed by atoms with Crippen molar-refractivity contribution in [2.45, 2.75) is 48.8 Å². The quantitative estimate of drug-likeness (QED) is 0.0234. The first-order valence-electron chi connectivity index (χ1n) is 11.7. The number of hydrogen-bond donors (Lipinski definition) is 10. The highest BCUT2D eigenvalue weighted by atomic mass is 16.5. The molecule has 10 N–H and O–H groups in total. The lowest BCUT2D eigenvalue weighted by Crippen LogP contribution is -2.53. The van der Waals surface area contributed by atoms with Crippen LogP contribution in [0.2, 0.25) is 0 Å². The molecule has 0 radical (unpaired) electrons. The van der Waals surface area contributed by atoms with Gasteiger partial charge in [-0.1, -0.05) is 5.11 Å². The third-order valence-corrected chi connectivity index (χ3v) is 5.24. The highest BCUT2D eigenvalue weighted by molar-refractivity contribution is 4.86. The summed E-state index contributed by atoms with van der Waals surface area (Å²) in [5, 5.41) is 100. The van der Waals surface area contributed by atoms with E-state index >= 15 is 0 Å². The van der Waals surface area contributed by atoms with E-state index in [2.05, 4.69) is 10.0 Å². The second kappa shape index (κ2) is 21.7. The van der Waals surface area contributed by atoms with Crippen molar-refractivity contribution in [2.75, 3.05) is 79.0 Å². The molecule has 17 heteroatoms. The molecule has 17 nitrogen and oxygen atoms in total. The van der Waals surface area contributed by atoms with Crippen molar-refractivity contribution in [3.8, 4) is 0 Å². The summed E-state index contributed by atoms with van der Waals surface area (Å²) in [5.74, 6) is 0. The van der Waals surface area contributed by atoms with Crippen LogP contribution in [0.15, 0.2) is 5.11 Å². The number of ether oxygens (including phenoxy) is 3. The minimum absolute atomic E-state index is 0.0351. The van der Waals surface area contributed by atoms with Crippen LogP contribution in [0.3, 0.4) is 0 Å². The molecule has 0 aromatic heterocycles. The number of hydrogen-bond acceptors (Lipinski definition) is 15. The Kier molecular flexibility index (Phi) is 20.9. The van der Waals surface area contributed by atoms with Crippen LogP contribution in [0.25, 0.3) is 10.4 Å². The molecule has 0 heterocycles. The molecule has 0 aliphatic rings. The molecular formula is C20H42N4O13. The number of azide groups is 1. The van der Waals surface area contributed by atoms with E-state index in [9.17, 15) is 40.9 Å².